The summed E-state index contributed by atoms with van der Waals surface area (Å²) in [6, 6.07) is 4.86. The first-order valence-corrected chi connectivity index (χ1v) is 6.12. The molecule has 0 unspecified atom stereocenters. The number of ether oxygens (including phenoxy) is 1. The Bertz CT molecular complexity index is 319. The summed E-state index contributed by atoms with van der Waals surface area (Å²) in [7, 11) is 0. The van der Waals surface area contributed by atoms with Crippen molar-refractivity contribution in [1.29, 1.82) is 0 Å². The van der Waals surface area contributed by atoms with E-state index in [-0.39, 0.29) is 5.56 Å². The van der Waals surface area contributed by atoms with Crippen molar-refractivity contribution < 1.29 is 14.6 Å². The number of carboxylic acids is 1. The predicted octanol–water partition coefficient (Wildman–Crippen LogP) is 4.14. The van der Waals surface area contributed by atoms with E-state index in [1.54, 1.807) is 18.2 Å². The molecule has 0 heterocycles. The second-order valence-electron chi connectivity index (χ2n) is 2.72. The van der Waals surface area contributed by atoms with Crippen LogP contribution in [0.3, 0.4) is 0 Å². The number of rotatable bonds is 3. The molecule has 0 fully saturated rings. The Morgan fingerprint density at radius 2 is 1.76 bits per heavy atom. The number of benzene rings is 1. The lowest BCUT2D eigenvalue weighted by Gasteiger charge is -2.06. The summed E-state index contributed by atoms with van der Waals surface area (Å²) in [6.07, 6.45) is 0. The van der Waals surface area contributed by atoms with E-state index in [1.807, 2.05) is 41.5 Å². The molecule has 1 N–H and O–H groups in total. The zero-order chi connectivity index (χ0) is 13.8. The van der Waals surface area contributed by atoms with Crippen LogP contribution in [-0.4, -0.2) is 17.7 Å². The molecule has 3 nitrogen and oxygen atoms in total. The first kappa shape index (κ1) is 17.9. The van der Waals surface area contributed by atoms with Gasteiger partial charge in [-0.1, -0.05) is 33.8 Å². The van der Waals surface area contributed by atoms with E-state index < -0.39 is 5.97 Å². The standard InChI is InChI=1S/C10H12O3.2C2H6/c1-3-13-9-6-8(10(11)12)5-4-7(9)2;2*1-2/h4-6H,3H2,1-2H3,(H,11,12);2*1-2H3. The van der Waals surface area contributed by atoms with Gasteiger partial charge in [-0.05, 0) is 31.5 Å². The highest BCUT2D eigenvalue weighted by Crippen LogP contribution is 2.19. The molecular formula is C14H24O3. The van der Waals surface area contributed by atoms with Crippen LogP contribution in [0, 0.1) is 6.92 Å². The summed E-state index contributed by atoms with van der Waals surface area (Å²) < 4.78 is 5.26. The van der Waals surface area contributed by atoms with Crippen LogP contribution in [0.1, 0.15) is 50.5 Å². The van der Waals surface area contributed by atoms with Crippen LogP contribution in [0.5, 0.6) is 5.75 Å². The number of carbonyl (C=O) groups is 1. The molecule has 1 aromatic carbocycles. The van der Waals surface area contributed by atoms with Gasteiger partial charge < -0.3 is 9.84 Å². The summed E-state index contributed by atoms with van der Waals surface area (Å²) in [5.41, 5.74) is 1.21. The van der Waals surface area contributed by atoms with Gasteiger partial charge >= 0.3 is 5.97 Å². The van der Waals surface area contributed by atoms with Crippen LogP contribution in [0.15, 0.2) is 18.2 Å². The van der Waals surface area contributed by atoms with E-state index in [4.69, 9.17) is 9.84 Å². The van der Waals surface area contributed by atoms with Crippen LogP contribution in [0.4, 0.5) is 0 Å². The molecule has 1 aromatic rings. The Morgan fingerprint density at radius 1 is 1.24 bits per heavy atom. The third-order valence-corrected chi connectivity index (χ3v) is 1.73. The van der Waals surface area contributed by atoms with Crippen molar-refractivity contribution in [3.8, 4) is 5.75 Å². The molecule has 0 saturated carbocycles. The molecule has 0 aliphatic carbocycles. The van der Waals surface area contributed by atoms with Crippen molar-refractivity contribution >= 4 is 5.97 Å². The topological polar surface area (TPSA) is 46.5 Å². The Morgan fingerprint density at radius 3 is 2.18 bits per heavy atom. The maximum absolute atomic E-state index is 10.6. The number of carboxylic acid groups (broad SMARTS) is 1. The predicted molar refractivity (Wildman–Crippen MR) is 72.0 cm³/mol. The van der Waals surface area contributed by atoms with Gasteiger partial charge in [-0.25, -0.2) is 4.79 Å². The fourth-order valence-corrected chi connectivity index (χ4v) is 1.04. The van der Waals surface area contributed by atoms with Crippen LogP contribution >= 0.6 is 0 Å². The first-order chi connectivity index (χ1) is 8.15. The van der Waals surface area contributed by atoms with Crippen molar-refractivity contribution in [1.82, 2.24) is 0 Å². The second kappa shape index (κ2) is 11.0. The summed E-state index contributed by atoms with van der Waals surface area (Å²) in [5.74, 6) is -0.289. The van der Waals surface area contributed by atoms with Crippen LogP contribution in [0.25, 0.3) is 0 Å². The number of aryl methyl sites for hydroxylation is 1. The highest BCUT2D eigenvalue weighted by molar-refractivity contribution is 5.88. The summed E-state index contributed by atoms with van der Waals surface area (Å²) >= 11 is 0. The number of aromatic carboxylic acids is 1. The minimum absolute atomic E-state index is 0.258. The van der Waals surface area contributed by atoms with E-state index in [2.05, 4.69) is 0 Å². The normalized spacial score (nSPS) is 8.12. The molecule has 0 aromatic heterocycles. The lowest BCUT2D eigenvalue weighted by Crippen LogP contribution is -1.99. The van der Waals surface area contributed by atoms with Crippen molar-refractivity contribution in [3.05, 3.63) is 29.3 Å². The van der Waals surface area contributed by atoms with E-state index in [9.17, 15) is 4.79 Å². The maximum Gasteiger partial charge on any atom is 0.335 e. The highest BCUT2D eigenvalue weighted by atomic mass is 16.5. The van der Waals surface area contributed by atoms with Gasteiger partial charge in [0.1, 0.15) is 5.75 Å². The minimum Gasteiger partial charge on any atom is -0.494 e. The van der Waals surface area contributed by atoms with Crippen LogP contribution in [0.2, 0.25) is 0 Å². The maximum atomic E-state index is 10.6. The third-order valence-electron chi connectivity index (χ3n) is 1.73. The van der Waals surface area contributed by atoms with Crippen LogP contribution in [-0.2, 0) is 0 Å². The molecule has 0 atom stereocenters. The smallest absolute Gasteiger partial charge is 0.335 e. The van der Waals surface area contributed by atoms with Crippen molar-refractivity contribution in [2.75, 3.05) is 6.61 Å². The molecule has 0 aliphatic rings. The molecule has 17 heavy (non-hydrogen) atoms. The Kier molecular flexibility index (Phi) is 11.6. The molecule has 0 saturated heterocycles. The fourth-order valence-electron chi connectivity index (χ4n) is 1.04. The van der Waals surface area contributed by atoms with Crippen LogP contribution < -0.4 is 4.74 Å². The lowest BCUT2D eigenvalue weighted by molar-refractivity contribution is 0.0696. The average Bonchev–Trinajstić information content (AvgIpc) is 2.37. The molecule has 1 rings (SSSR count). The molecular weight excluding hydrogens is 216 g/mol. The quantitative estimate of drug-likeness (QED) is 0.863. The summed E-state index contributed by atoms with van der Waals surface area (Å²) in [5, 5.41) is 8.71. The second-order valence-corrected chi connectivity index (χ2v) is 2.72. The first-order valence-electron chi connectivity index (χ1n) is 6.12. The van der Waals surface area contributed by atoms with Crippen molar-refractivity contribution in [2.45, 2.75) is 41.5 Å². The lowest BCUT2D eigenvalue weighted by atomic mass is 10.1. The zero-order valence-electron chi connectivity index (χ0n) is 11.7. The molecule has 0 bridgehead atoms. The monoisotopic (exact) mass is 240 g/mol. The molecule has 0 amide bonds. The minimum atomic E-state index is -0.930. The Hall–Kier alpha value is -1.51. The summed E-state index contributed by atoms with van der Waals surface area (Å²) in [6.45, 7) is 12.3. The average molecular weight is 240 g/mol. The SMILES string of the molecule is CC.CC.CCOc1cc(C(=O)O)ccc1C. The zero-order valence-corrected chi connectivity index (χ0v) is 11.7. The van der Waals surface area contributed by atoms with Gasteiger partial charge in [0.25, 0.3) is 0 Å². The van der Waals surface area contributed by atoms with Gasteiger partial charge in [0.2, 0.25) is 0 Å². The van der Waals surface area contributed by atoms with E-state index >= 15 is 0 Å². The van der Waals surface area contributed by atoms with E-state index in [0.717, 1.165) is 5.56 Å². The van der Waals surface area contributed by atoms with Gasteiger partial charge in [0.15, 0.2) is 0 Å². The highest BCUT2D eigenvalue weighted by Gasteiger charge is 2.05. The van der Waals surface area contributed by atoms with E-state index in [1.165, 1.54) is 0 Å². The molecule has 0 radical (unpaired) electrons. The molecule has 0 spiro atoms. The molecule has 0 aliphatic heterocycles. The fraction of sp³-hybridized carbons (Fsp3) is 0.500. The Labute approximate surface area is 104 Å². The van der Waals surface area contributed by atoms with Crippen molar-refractivity contribution in [3.63, 3.8) is 0 Å². The van der Waals surface area contributed by atoms with E-state index in [0.29, 0.717) is 12.4 Å². The number of hydrogen-bond acceptors (Lipinski definition) is 2. The number of hydrogen-bond donors (Lipinski definition) is 1. The molecule has 3 heteroatoms. The third kappa shape index (κ3) is 6.61. The Balaban J connectivity index is 0. The van der Waals surface area contributed by atoms with Gasteiger partial charge in [0, 0.05) is 0 Å². The van der Waals surface area contributed by atoms with Crippen molar-refractivity contribution in [2.24, 2.45) is 0 Å². The van der Waals surface area contributed by atoms with Gasteiger partial charge in [-0.3, -0.25) is 0 Å². The van der Waals surface area contributed by atoms with Gasteiger partial charge in [-0.15, -0.1) is 0 Å². The van der Waals surface area contributed by atoms with Gasteiger partial charge in [-0.2, -0.15) is 0 Å². The summed E-state index contributed by atoms with van der Waals surface area (Å²) in [4.78, 5) is 10.6. The largest absolute Gasteiger partial charge is 0.494 e. The molecule has 98 valence electrons. The van der Waals surface area contributed by atoms with Gasteiger partial charge in [0.05, 0.1) is 12.2 Å².